The van der Waals surface area contributed by atoms with Gasteiger partial charge in [0.1, 0.15) is 0 Å². The first-order valence-corrected chi connectivity index (χ1v) is 6.91. The highest BCUT2D eigenvalue weighted by Crippen LogP contribution is 2.22. The molecular weight excluding hydrogens is 325 g/mol. The van der Waals surface area contributed by atoms with Crippen LogP contribution in [0.25, 0.3) is 0 Å². The molecule has 2 fully saturated rings. The molecule has 0 saturated heterocycles. The summed E-state index contributed by atoms with van der Waals surface area (Å²) in [4.78, 5) is 4.48. The molecule has 3 nitrogen and oxygen atoms in total. The van der Waals surface area contributed by atoms with Crippen LogP contribution in [0.5, 0.6) is 0 Å². The molecule has 0 aliphatic heterocycles. The van der Waals surface area contributed by atoms with E-state index in [-0.39, 0.29) is 24.0 Å². The van der Waals surface area contributed by atoms with Crippen LogP contribution in [0.4, 0.5) is 0 Å². The minimum absolute atomic E-state index is 0. The highest BCUT2D eigenvalue weighted by atomic mass is 127. The molecule has 0 bridgehead atoms. The van der Waals surface area contributed by atoms with Crippen molar-refractivity contribution >= 4 is 29.9 Å². The van der Waals surface area contributed by atoms with E-state index in [0.29, 0.717) is 12.0 Å². The van der Waals surface area contributed by atoms with E-state index in [9.17, 15) is 0 Å². The summed E-state index contributed by atoms with van der Waals surface area (Å²) in [6.45, 7) is 0.936. The minimum atomic E-state index is 0. The molecule has 4 heteroatoms. The SMILES string of the molecule is I.NC(=NCC1CCCCCCC1)NC1CC1. The first-order chi connectivity index (χ1) is 7.84. The summed E-state index contributed by atoms with van der Waals surface area (Å²) in [6.07, 6.45) is 12.2. The van der Waals surface area contributed by atoms with Gasteiger partial charge in [0.25, 0.3) is 0 Å². The van der Waals surface area contributed by atoms with Gasteiger partial charge in [0.05, 0.1) is 0 Å². The number of aliphatic imine (C=N–C) groups is 1. The summed E-state index contributed by atoms with van der Waals surface area (Å²) in [6, 6.07) is 0.626. The van der Waals surface area contributed by atoms with Gasteiger partial charge in [0.15, 0.2) is 5.96 Å². The molecule has 2 aliphatic rings. The molecule has 100 valence electrons. The van der Waals surface area contributed by atoms with Crippen molar-refractivity contribution in [1.29, 1.82) is 0 Å². The first kappa shape index (κ1) is 15.1. The minimum Gasteiger partial charge on any atom is -0.370 e. The zero-order valence-corrected chi connectivity index (χ0v) is 13.0. The van der Waals surface area contributed by atoms with E-state index in [1.54, 1.807) is 0 Å². The van der Waals surface area contributed by atoms with Crippen molar-refractivity contribution in [1.82, 2.24) is 5.32 Å². The number of rotatable bonds is 3. The molecule has 3 N–H and O–H groups in total. The number of hydrogen-bond donors (Lipinski definition) is 2. The average molecular weight is 351 g/mol. The Morgan fingerprint density at radius 3 is 2.18 bits per heavy atom. The van der Waals surface area contributed by atoms with Crippen LogP contribution in [0, 0.1) is 5.92 Å². The van der Waals surface area contributed by atoms with Gasteiger partial charge in [-0.05, 0) is 31.6 Å². The lowest BCUT2D eigenvalue weighted by atomic mass is 9.91. The summed E-state index contributed by atoms with van der Waals surface area (Å²) in [5, 5.41) is 3.25. The topological polar surface area (TPSA) is 50.4 Å². The zero-order valence-electron chi connectivity index (χ0n) is 10.7. The van der Waals surface area contributed by atoms with Crippen LogP contribution in [0.2, 0.25) is 0 Å². The molecule has 0 aromatic carbocycles. The predicted octanol–water partition coefficient (Wildman–Crippen LogP) is 3.03. The standard InChI is InChI=1S/C13H25N3.HI/c14-13(16-12-8-9-12)15-10-11-6-4-2-1-3-5-7-11;/h11-12H,1-10H2,(H3,14,15,16);1H. The van der Waals surface area contributed by atoms with Gasteiger partial charge in [0.2, 0.25) is 0 Å². The van der Waals surface area contributed by atoms with Gasteiger partial charge >= 0.3 is 0 Å². The van der Waals surface area contributed by atoms with Crippen molar-refractivity contribution in [3.05, 3.63) is 0 Å². The maximum atomic E-state index is 5.84. The second kappa shape index (κ2) is 8.16. The van der Waals surface area contributed by atoms with Crippen molar-refractivity contribution < 1.29 is 0 Å². The Hall–Kier alpha value is 0. The van der Waals surface area contributed by atoms with E-state index in [1.807, 2.05) is 0 Å². The molecule has 0 radical (unpaired) electrons. The summed E-state index contributed by atoms with van der Waals surface area (Å²) in [7, 11) is 0. The average Bonchev–Trinajstić information content (AvgIpc) is 3.00. The second-order valence-electron chi connectivity index (χ2n) is 5.36. The van der Waals surface area contributed by atoms with Crippen molar-refractivity contribution in [3.8, 4) is 0 Å². The van der Waals surface area contributed by atoms with Crippen LogP contribution in [-0.2, 0) is 0 Å². The van der Waals surface area contributed by atoms with Crippen molar-refractivity contribution in [2.45, 2.75) is 63.8 Å². The molecular formula is C13H26IN3. The number of hydrogen-bond acceptors (Lipinski definition) is 1. The summed E-state index contributed by atoms with van der Waals surface area (Å²) in [5.41, 5.74) is 5.84. The number of nitrogens with one attached hydrogen (secondary N) is 1. The smallest absolute Gasteiger partial charge is 0.188 e. The Morgan fingerprint density at radius 2 is 1.59 bits per heavy atom. The van der Waals surface area contributed by atoms with Gasteiger partial charge in [-0.1, -0.05) is 32.1 Å². The third-order valence-corrected chi connectivity index (χ3v) is 3.67. The molecule has 2 rings (SSSR count). The lowest BCUT2D eigenvalue weighted by molar-refractivity contribution is 0.386. The fourth-order valence-corrected chi connectivity index (χ4v) is 2.43. The molecule has 0 amide bonds. The van der Waals surface area contributed by atoms with Crippen molar-refractivity contribution in [3.63, 3.8) is 0 Å². The number of nitrogens with two attached hydrogens (primary N) is 1. The van der Waals surface area contributed by atoms with E-state index in [2.05, 4.69) is 10.3 Å². The maximum Gasteiger partial charge on any atom is 0.188 e. The first-order valence-electron chi connectivity index (χ1n) is 6.91. The van der Waals surface area contributed by atoms with E-state index < -0.39 is 0 Å². The third kappa shape index (κ3) is 6.48. The fraction of sp³-hybridized carbons (Fsp3) is 0.923. The largest absolute Gasteiger partial charge is 0.370 e. The molecule has 17 heavy (non-hydrogen) atoms. The van der Waals surface area contributed by atoms with E-state index in [0.717, 1.165) is 12.5 Å². The van der Waals surface area contributed by atoms with E-state index in [1.165, 1.54) is 57.8 Å². The summed E-state index contributed by atoms with van der Waals surface area (Å²) in [5.74, 6) is 1.45. The molecule has 0 aromatic heterocycles. The third-order valence-electron chi connectivity index (χ3n) is 3.67. The van der Waals surface area contributed by atoms with Crippen LogP contribution in [0.15, 0.2) is 4.99 Å². The Labute approximate surface area is 122 Å². The summed E-state index contributed by atoms with van der Waals surface area (Å²) >= 11 is 0. The summed E-state index contributed by atoms with van der Waals surface area (Å²) < 4.78 is 0. The lowest BCUT2D eigenvalue weighted by Gasteiger charge is -2.17. The van der Waals surface area contributed by atoms with Crippen LogP contribution < -0.4 is 11.1 Å². The molecule has 0 atom stereocenters. The van der Waals surface area contributed by atoms with Gasteiger partial charge < -0.3 is 11.1 Å². The van der Waals surface area contributed by atoms with Crippen molar-refractivity contribution in [2.75, 3.05) is 6.54 Å². The maximum absolute atomic E-state index is 5.84. The van der Waals surface area contributed by atoms with E-state index in [4.69, 9.17) is 5.73 Å². The van der Waals surface area contributed by atoms with Crippen LogP contribution >= 0.6 is 24.0 Å². The molecule has 0 heterocycles. The highest BCUT2D eigenvalue weighted by Gasteiger charge is 2.21. The lowest BCUT2D eigenvalue weighted by Crippen LogP contribution is -2.33. The number of guanidine groups is 1. The van der Waals surface area contributed by atoms with Gasteiger partial charge in [0, 0.05) is 12.6 Å². The predicted molar refractivity (Wildman–Crippen MR) is 83.9 cm³/mol. The number of halogens is 1. The van der Waals surface area contributed by atoms with Crippen LogP contribution in [0.3, 0.4) is 0 Å². The molecule has 2 aliphatic carbocycles. The molecule has 2 saturated carbocycles. The molecule has 0 unspecified atom stereocenters. The zero-order chi connectivity index (χ0) is 11.2. The Balaban J connectivity index is 0.00000144. The highest BCUT2D eigenvalue weighted by molar-refractivity contribution is 14.0. The normalized spacial score (nSPS) is 23.4. The second-order valence-corrected chi connectivity index (χ2v) is 5.36. The van der Waals surface area contributed by atoms with Gasteiger partial charge in [-0.2, -0.15) is 0 Å². The van der Waals surface area contributed by atoms with Gasteiger partial charge in [-0.25, -0.2) is 0 Å². The van der Waals surface area contributed by atoms with Gasteiger partial charge in [-0.3, -0.25) is 4.99 Å². The van der Waals surface area contributed by atoms with Crippen molar-refractivity contribution in [2.24, 2.45) is 16.6 Å². The quantitative estimate of drug-likeness (QED) is 0.467. The van der Waals surface area contributed by atoms with Gasteiger partial charge in [-0.15, -0.1) is 24.0 Å². The van der Waals surface area contributed by atoms with E-state index >= 15 is 0 Å². The van der Waals surface area contributed by atoms with Crippen LogP contribution in [-0.4, -0.2) is 18.5 Å². The van der Waals surface area contributed by atoms with Crippen LogP contribution in [0.1, 0.15) is 57.8 Å². The Morgan fingerprint density at radius 1 is 1.00 bits per heavy atom. The fourth-order valence-electron chi connectivity index (χ4n) is 2.43. The molecule has 0 spiro atoms. The monoisotopic (exact) mass is 351 g/mol. The Kier molecular flexibility index (Phi) is 7.23. The number of nitrogens with zero attached hydrogens (tertiary/aromatic N) is 1. The Bertz CT molecular complexity index is 231. The molecule has 0 aromatic rings.